The number of thioether (sulfide) groups is 1. The molecule has 2 unspecified atom stereocenters. The highest BCUT2D eigenvalue weighted by atomic mass is 32.2. The first-order chi connectivity index (χ1) is 13.7. The molecule has 29 heavy (non-hydrogen) atoms. The van der Waals surface area contributed by atoms with Crippen LogP contribution in [-0.4, -0.2) is 31.4 Å². The van der Waals surface area contributed by atoms with E-state index in [4.69, 9.17) is 14.1 Å². The molecule has 0 saturated carbocycles. The van der Waals surface area contributed by atoms with Crippen molar-refractivity contribution in [3.63, 3.8) is 0 Å². The number of ether oxygens (including phenoxy) is 1. The summed E-state index contributed by atoms with van der Waals surface area (Å²) in [7, 11) is -4.34. The number of amides is 2. The minimum Gasteiger partial charge on any atom is -0.490 e. The van der Waals surface area contributed by atoms with E-state index in [-0.39, 0.29) is 23.3 Å². The first-order valence-corrected chi connectivity index (χ1v) is 10.7. The molecule has 0 spiro atoms. The smallest absolute Gasteiger partial charge is 0.333 e. The minimum atomic E-state index is -4.34. The van der Waals surface area contributed by atoms with Crippen molar-refractivity contribution in [3.8, 4) is 5.75 Å². The number of halogens is 1. The van der Waals surface area contributed by atoms with Gasteiger partial charge in [0.25, 0.3) is 5.24 Å². The van der Waals surface area contributed by atoms with E-state index in [2.05, 4.69) is 5.32 Å². The number of nitrogens with two attached hydrogens (primary N) is 1. The molecule has 0 radical (unpaired) electrons. The number of nitrogens with one attached hydrogen (secondary N) is 1. The fraction of sp³-hybridized carbons (Fsp3) is 0.222. The van der Waals surface area contributed by atoms with Crippen LogP contribution in [-0.2, 0) is 25.7 Å². The lowest BCUT2D eigenvalue weighted by atomic mass is 10.1. The summed E-state index contributed by atoms with van der Waals surface area (Å²) >= 11 is 0.939. The standard InChI is InChI=1S/C18H17FN2O6S2/c19-14-4-2-1-3-13(14)15(27-29(20,24)25)10-26-12-7-5-11(6-8-12)9-16-17(22)21-18(23)28-16/h1-8,15-16H,9-10H2,(H2,20,24,25)(H,21,22,23). The Bertz CT molecular complexity index is 1010. The lowest BCUT2D eigenvalue weighted by molar-refractivity contribution is -0.118. The molecule has 2 aromatic rings. The van der Waals surface area contributed by atoms with Gasteiger partial charge in [-0.3, -0.25) is 14.9 Å². The van der Waals surface area contributed by atoms with Gasteiger partial charge >= 0.3 is 10.3 Å². The quantitative estimate of drug-likeness (QED) is 0.644. The average molecular weight is 440 g/mol. The normalized spacial score (nSPS) is 17.8. The zero-order valence-electron chi connectivity index (χ0n) is 14.9. The third-order valence-electron chi connectivity index (χ3n) is 4.02. The van der Waals surface area contributed by atoms with Gasteiger partial charge in [0.1, 0.15) is 24.3 Å². The van der Waals surface area contributed by atoms with Crippen molar-refractivity contribution in [2.24, 2.45) is 5.14 Å². The number of imide groups is 1. The van der Waals surface area contributed by atoms with E-state index in [0.717, 1.165) is 17.3 Å². The van der Waals surface area contributed by atoms with Crippen LogP contribution in [0.15, 0.2) is 48.5 Å². The van der Waals surface area contributed by atoms with Crippen molar-refractivity contribution in [2.75, 3.05) is 6.61 Å². The maximum absolute atomic E-state index is 14.0. The molecule has 154 valence electrons. The molecule has 0 aliphatic carbocycles. The molecule has 8 nitrogen and oxygen atoms in total. The fourth-order valence-corrected chi connectivity index (χ4v) is 4.05. The van der Waals surface area contributed by atoms with E-state index < -0.39 is 27.5 Å². The van der Waals surface area contributed by atoms with Crippen molar-refractivity contribution in [2.45, 2.75) is 17.8 Å². The number of carbonyl (C=O) groups excluding carboxylic acids is 2. The first-order valence-electron chi connectivity index (χ1n) is 8.40. The summed E-state index contributed by atoms with van der Waals surface area (Å²) in [6.45, 7) is -0.300. The summed E-state index contributed by atoms with van der Waals surface area (Å²) in [6.07, 6.45) is -0.898. The molecule has 2 atom stereocenters. The summed E-state index contributed by atoms with van der Waals surface area (Å²) in [4.78, 5) is 22.8. The van der Waals surface area contributed by atoms with Gasteiger partial charge in [0.2, 0.25) is 5.91 Å². The molecule has 11 heteroatoms. The number of hydrogen-bond acceptors (Lipinski definition) is 7. The Morgan fingerprint density at radius 2 is 1.83 bits per heavy atom. The van der Waals surface area contributed by atoms with E-state index in [0.29, 0.717) is 12.2 Å². The Hall–Kier alpha value is -2.47. The monoisotopic (exact) mass is 440 g/mol. The minimum absolute atomic E-state index is 0.00733. The van der Waals surface area contributed by atoms with Crippen molar-refractivity contribution in [1.82, 2.24) is 5.32 Å². The summed E-state index contributed by atoms with van der Waals surface area (Å²) < 4.78 is 47.0. The predicted molar refractivity (Wildman–Crippen MR) is 104 cm³/mol. The Balaban J connectivity index is 1.65. The summed E-state index contributed by atoms with van der Waals surface area (Å²) in [5, 5.41) is 6.30. The highest BCUT2D eigenvalue weighted by molar-refractivity contribution is 8.15. The molecule has 2 amide bonds. The maximum atomic E-state index is 14.0. The summed E-state index contributed by atoms with van der Waals surface area (Å²) in [5.74, 6) is -0.595. The maximum Gasteiger partial charge on any atom is 0.333 e. The van der Waals surface area contributed by atoms with Gasteiger partial charge in [0.05, 0.1) is 5.25 Å². The molecule has 1 saturated heterocycles. The molecule has 0 bridgehead atoms. The largest absolute Gasteiger partial charge is 0.490 e. The van der Waals surface area contributed by atoms with Gasteiger partial charge in [0, 0.05) is 5.56 Å². The Labute approximate surface area is 170 Å². The van der Waals surface area contributed by atoms with Crippen LogP contribution in [0.4, 0.5) is 9.18 Å². The number of carbonyl (C=O) groups is 2. The summed E-state index contributed by atoms with van der Waals surface area (Å²) in [5.41, 5.74) is 0.804. The van der Waals surface area contributed by atoms with Crippen LogP contribution in [0.2, 0.25) is 0 Å². The van der Waals surface area contributed by atoms with Gasteiger partial charge in [-0.1, -0.05) is 42.1 Å². The van der Waals surface area contributed by atoms with Crippen LogP contribution in [0.3, 0.4) is 0 Å². The summed E-state index contributed by atoms with van der Waals surface area (Å²) in [6, 6.07) is 12.2. The zero-order valence-corrected chi connectivity index (χ0v) is 16.5. The van der Waals surface area contributed by atoms with Gasteiger partial charge in [0.15, 0.2) is 0 Å². The molecule has 2 aromatic carbocycles. The van der Waals surface area contributed by atoms with Gasteiger partial charge in [-0.15, -0.1) is 0 Å². The van der Waals surface area contributed by atoms with Crippen molar-refractivity contribution in [3.05, 3.63) is 65.5 Å². The van der Waals surface area contributed by atoms with Gasteiger partial charge in [-0.05, 0) is 30.2 Å². The fourth-order valence-electron chi connectivity index (χ4n) is 2.70. The van der Waals surface area contributed by atoms with E-state index in [1.807, 2.05) is 0 Å². The zero-order chi connectivity index (χ0) is 21.0. The third-order valence-corrected chi connectivity index (χ3v) is 5.50. The molecular weight excluding hydrogens is 423 g/mol. The van der Waals surface area contributed by atoms with E-state index in [1.54, 1.807) is 24.3 Å². The van der Waals surface area contributed by atoms with Crippen LogP contribution in [0.1, 0.15) is 17.2 Å². The average Bonchev–Trinajstić information content (AvgIpc) is 2.96. The topological polar surface area (TPSA) is 125 Å². The van der Waals surface area contributed by atoms with Crippen LogP contribution < -0.4 is 15.2 Å². The third kappa shape index (κ3) is 6.00. The lowest BCUT2D eigenvalue weighted by Gasteiger charge is -2.18. The van der Waals surface area contributed by atoms with Crippen LogP contribution >= 0.6 is 11.8 Å². The van der Waals surface area contributed by atoms with Crippen molar-refractivity contribution >= 4 is 33.2 Å². The molecule has 3 rings (SSSR count). The number of benzene rings is 2. The van der Waals surface area contributed by atoms with Crippen molar-refractivity contribution in [1.29, 1.82) is 0 Å². The predicted octanol–water partition coefficient (Wildman–Crippen LogP) is 2.06. The molecule has 1 aliphatic heterocycles. The molecule has 0 aromatic heterocycles. The van der Waals surface area contributed by atoms with Crippen LogP contribution in [0.5, 0.6) is 5.75 Å². The highest BCUT2D eigenvalue weighted by Crippen LogP contribution is 2.26. The second-order valence-corrected chi connectivity index (χ2v) is 8.50. The van der Waals surface area contributed by atoms with Crippen LogP contribution in [0.25, 0.3) is 0 Å². The first kappa shape index (κ1) is 21.2. The molecule has 1 heterocycles. The number of hydrogen-bond donors (Lipinski definition) is 2. The Morgan fingerprint density at radius 1 is 1.14 bits per heavy atom. The highest BCUT2D eigenvalue weighted by Gasteiger charge is 2.31. The molecular formula is C18H17FN2O6S2. The van der Waals surface area contributed by atoms with E-state index >= 15 is 0 Å². The van der Waals surface area contributed by atoms with Gasteiger partial charge in [-0.2, -0.15) is 8.42 Å². The Kier molecular flexibility index (Phi) is 6.52. The molecule has 1 aliphatic rings. The molecule has 1 fully saturated rings. The second-order valence-electron chi connectivity index (χ2n) is 6.14. The SMILES string of the molecule is NS(=O)(=O)OC(COc1ccc(CC2SC(=O)NC2=O)cc1)c1ccccc1F. The lowest BCUT2D eigenvalue weighted by Crippen LogP contribution is -2.25. The molecule has 3 N–H and O–H groups in total. The van der Waals surface area contributed by atoms with E-state index in [9.17, 15) is 22.4 Å². The number of rotatable bonds is 8. The van der Waals surface area contributed by atoms with Crippen LogP contribution in [0, 0.1) is 5.82 Å². The van der Waals surface area contributed by atoms with Gasteiger partial charge < -0.3 is 4.74 Å². The Morgan fingerprint density at radius 3 is 2.41 bits per heavy atom. The van der Waals surface area contributed by atoms with Crippen molar-refractivity contribution < 1.29 is 31.3 Å². The van der Waals surface area contributed by atoms with Gasteiger partial charge in [-0.25, -0.2) is 13.7 Å². The second kappa shape index (κ2) is 8.91. The van der Waals surface area contributed by atoms with E-state index in [1.165, 1.54) is 24.3 Å².